The van der Waals surface area contributed by atoms with E-state index in [9.17, 15) is 8.42 Å². The SMILES string of the molecule is CS(=O)(=O)N1C[C@@H](N)C2(CCN(c3cnc(Sc4ccnc(N)c4Cl)cn3)CC2)C1. The van der Waals surface area contributed by atoms with E-state index in [1.165, 1.54) is 22.3 Å². The van der Waals surface area contributed by atoms with Crippen molar-refractivity contribution in [2.24, 2.45) is 11.1 Å². The maximum Gasteiger partial charge on any atom is 0.211 e. The highest BCUT2D eigenvalue weighted by Gasteiger charge is 2.48. The van der Waals surface area contributed by atoms with Gasteiger partial charge >= 0.3 is 0 Å². The van der Waals surface area contributed by atoms with E-state index >= 15 is 0 Å². The van der Waals surface area contributed by atoms with E-state index in [0.717, 1.165) is 36.6 Å². The highest BCUT2D eigenvalue weighted by molar-refractivity contribution is 7.99. The molecule has 0 aromatic carbocycles. The van der Waals surface area contributed by atoms with Crippen molar-refractivity contribution in [2.75, 3.05) is 43.1 Å². The Morgan fingerprint density at radius 3 is 2.57 bits per heavy atom. The predicted molar refractivity (Wildman–Crippen MR) is 118 cm³/mol. The van der Waals surface area contributed by atoms with Gasteiger partial charge in [-0.25, -0.2) is 23.4 Å². The van der Waals surface area contributed by atoms with Crippen LogP contribution in [0.1, 0.15) is 12.8 Å². The van der Waals surface area contributed by atoms with Crippen LogP contribution >= 0.6 is 23.4 Å². The molecule has 2 aliphatic rings. The number of sulfonamides is 1. The van der Waals surface area contributed by atoms with Gasteiger partial charge in [-0.1, -0.05) is 23.4 Å². The Morgan fingerprint density at radius 1 is 1.23 bits per heavy atom. The molecule has 1 atom stereocenters. The first-order valence-electron chi connectivity index (χ1n) is 9.53. The summed E-state index contributed by atoms with van der Waals surface area (Å²) < 4.78 is 25.3. The summed E-state index contributed by atoms with van der Waals surface area (Å²) in [6, 6.07) is 1.64. The van der Waals surface area contributed by atoms with Crippen LogP contribution < -0.4 is 16.4 Å². The molecule has 4 rings (SSSR count). The Balaban J connectivity index is 1.40. The molecule has 30 heavy (non-hydrogen) atoms. The van der Waals surface area contributed by atoms with E-state index < -0.39 is 10.0 Å². The van der Waals surface area contributed by atoms with Crippen LogP contribution in [0.25, 0.3) is 0 Å². The third-order valence-corrected chi connectivity index (χ3v) is 8.65. The minimum atomic E-state index is -3.22. The molecule has 4 heterocycles. The fourth-order valence-corrected chi connectivity index (χ4v) is 5.98. The minimum absolute atomic E-state index is 0.142. The lowest BCUT2D eigenvalue weighted by atomic mass is 9.75. The predicted octanol–water partition coefficient (Wildman–Crippen LogP) is 1.45. The standard InChI is InChI=1S/C18H24ClN7O2S2/c1-30(27,28)26-10-13(20)18(11-26)3-6-25(7-4-18)14-8-24-15(9-23-14)29-12-2-5-22-17(21)16(12)19/h2,5,8-9,13H,3-4,6-7,10-11,20H2,1H3,(H2,21,22)/t13-/m1/s1. The third-order valence-electron chi connectivity index (χ3n) is 5.94. The van der Waals surface area contributed by atoms with Crippen LogP contribution in [0.3, 0.4) is 0 Å². The van der Waals surface area contributed by atoms with Gasteiger partial charge in [0.1, 0.15) is 16.7 Å². The van der Waals surface area contributed by atoms with Crippen molar-refractivity contribution in [3.8, 4) is 0 Å². The van der Waals surface area contributed by atoms with Crippen molar-refractivity contribution < 1.29 is 8.42 Å². The average molecular weight is 470 g/mol. The van der Waals surface area contributed by atoms with Crippen LogP contribution in [0.4, 0.5) is 11.6 Å². The largest absolute Gasteiger partial charge is 0.382 e. The van der Waals surface area contributed by atoms with E-state index in [4.69, 9.17) is 23.1 Å². The number of aromatic nitrogens is 3. The Bertz CT molecular complexity index is 1030. The van der Waals surface area contributed by atoms with Gasteiger partial charge in [-0.05, 0) is 18.9 Å². The van der Waals surface area contributed by atoms with Gasteiger partial charge in [0.25, 0.3) is 0 Å². The van der Waals surface area contributed by atoms with Gasteiger partial charge in [0.05, 0.1) is 23.7 Å². The van der Waals surface area contributed by atoms with Crippen molar-refractivity contribution in [1.29, 1.82) is 0 Å². The number of hydrogen-bond acceptors (Lipinski definition) is 9. The van der Waals surface area contributed by atoms with E-state index in [1.54, 1.807) is 24.7 Å². The van der Waals surface area contributed by atoms with Crippen molar-refractivity contribution in [3.05, 3.63) is 29.7 Å². The summed E-state index contributed by atoms with van der Waals surface area (Å²) in [7, 11) is -3.22. The molecule has 1 spiro atoms. The number of anilines is 2. The number of nitrogens with zero attached hydrogens (tertiary/aromatic N) is 5. The Hall–Kier alpha value is -1.66. The lowest BCUT2D eigenvalue weighted by Crippen LogP contribution is -2.49. The number of pyridine rings is 1. The summed E-state index contributed by atoms with van der Waals surface area (Å²) in [4.78, 5) is 15.9. The molecule has 0 unspecified atom stereocenters. The van der Waals surface area contributed by atoms with Gasteiger partial charge in [-0.15, -0.1) is 0 Å². The zero-order valence-corrected chi connectivity index (χ0v) is 18.9. The number of halogens is 1. The van der Waals surface area contributed by atoms with Gasteiger partial charge in [-0.3, -0.25) is 0 Å². The fourth-order valence-electron chi connectivity index (χ4n) is 4.07. The van der Waals surface area contributed by atoms with Gasteiger partial charge < -0.3 is 16.4 Å². The van der Waals surface area contributed by atoms with E-state index in [1.807, 2.05) is 0 Å². The summed E-state index contributed by atoms with van der Waals surface area (Å²) in [5.74, 6) is 1.08. The van der Waals surface area contributed by atoms with Gasteiger partial charge in [-0.2, -0.15) is 4.31 Å². The van der Waals surface area contributed by atoms with Gasteiger partial charge in [0.2, 0.25) is 10.0 Å². The van der Waals surface area contributed by atoms with Crippen molar-refractivity contribution >= 4 is 45.0 Å². The number of nitrogen functional groups attached to an aromatic ring is 1. The van der Waals surface area contributed by atoms with Gasteiger partial charge in [0, 0.05) is 48.7 Å². The molecule has 162 valence electrons. The fraction of sp³-hybridized carbons (Fsp3) is 0.500. The second-order valence-electron chi connectivity index (χ2n) is 7.83. The first-order valence-corrected chi connectivity index (χ1v) is 12.6. The molecule has 0 aliphatic carbocycles. The van der Waals surface area contributed by atoms with Crippen LogP contribution in [0.5, 0.6) is 0 Å². The first kappa shape index (κ1) is 21.6. The molecule has 0 saturated carbocycles. The second kappa shape index (κ2) is 8.12. The highest BCUT2D eigenvalue weighted by Crippen LogP contribution is 2.41. The Labute approximate surface area is 185 Å². The molecule has 2 aromatic rings. The molecule has 2 aromatic heterocycles. The summed E-state index contributed by atoms with van der Waals surface area (Å²) in [6.45, 7) is 2.42. The Kier molecular flexibility index (Phi) is 5.84. The zero-order valence-electron chi connectivity index (χ0n) is 16.5. The van der Waals surface area contributed by atoms with Crippen LogP contribution in [-0.2, 0) is 10.0 Å². The summed E-state index contributed by atoms with van der Waals surface area (Å²) in [6.07, 6.45) is 7.96. The van der Waals surface area contributed by atoms with Crippen LogP contribution in [0.2, 0.25) is 5.02 Å². The van der Waals surface area contributed by atoms with E-state index in [2.05, 4.69) is 19.9 Å². The smallest absolute Gasteiger partial charge is 0.211 e. The molecule has 12 heteroatoms. The van der Waals surface area contributed by atoms with Crippen LogP contribution in [0, 0.1) is 5.41 Å². The normalized spacial score (nSPS) is 22.0. The molecular weight excluding hydrogens is 446 g/mol. The molecule has 2 fully saturated rings. The molecule has 4 N–H and O–H groups in total. The topological polar surface area (TPSA) is 131 Å². The third kappa shape index (κ3) is 4.22. The van der Waals surface area contributed by atoms with Crippen molar-refractivity contribution in [3.63, 3.8) is 0 Å². The van der Waals surface area contributed by atoms with E-state index in [0.29, 0.717) is 23.1 Å². The molecule has 2 aliphatic heterocycles. The average Bonchev–Trinajstić information content (AvgIpc) is 3.03. The minimum Gasteiger partial charge on any atom is -0.382 e. The Morgan fingerprint density at radius 2 is 1.97 bits per heavy atom. The van der Waals surface area contributed by atoms with Gasteiger partial charge in [0.15, 0.2) is 0 Å². The quantitative estimate of drug-likeness (QED) is 0.682. The van der Waals surface area contributed by atoms with Crippen molar-refractivity contribution in [1.82, 2.24) is 19.3 Å². The summed E-state index contributed by atoms with van der Waals surface area (Å²) >= 11 is 7.57. The number of nitrogens with two attached hydrogens (primary N) is 2. The van der Waals surface area contributed by atoms with Crippen LogP contribution in [0.15, 0.2) is 34.6 Å². The van der Waals surface area contributed by atoms with E-state index in [-0.39, 0.29) is 17.3 Å². The molecule has 9 nitrogen and oxygen atoms in total. The number of piperidine rings is 1. The highest BCUT2D eigenvalue weighted by atomic mass is 35.5. The maximum absolute atomic E-state index is 11.9. The number of hydrogen-bond donors (Lipinski definition) is 2. The molecule has 0 radical (unpaired) electrons. The summed E-state index contributed by atoms with van der Waals surface area (Å²) in [5.41, 5.74) is 11.9. The first-order chi connectivity index (χ1) is 14.2. The van der Waals surface area contributed by atoms with Crippen LogP contribution in [-0.4, -0.2) is 66.2 Å². The maximum atomic E-state index is 11.9. The molecule has 0 bridgehead atoms. The number of rotatable bonds is 4. The van der Waals surface area contributed by atoms with Crippen molar-refractivity contribution in [2.45, 2.75) is 28.8 Å². The molecular formula is C18H24ClN7O2S2. The lowest BCUT2D eigenvalue weighted by molar-refractivity contribution is 0.210. The lowest BCUT2D eigenvalue weighted by Gasteiger charge is -2.41. The second-order valence-corrected chi connectivity index (χ2v) is 11.3. The monoisotopic (exact) mass is 469 g/mol. The zero-order chi connectivity index (χ0) is 21.5. The molecule has 2 saturated heterocycles. The molecule has 0 amide bonds. The summed E-state index contributed by atoms with van der Waals surface area (Å²) in [5, 5.41) is 1.12.